The number of carbonyl (C=O) groups excluding carboxylic acids is 2. The van der Waals surface area contributed by atoms with Gasteiger partial charge in [0.2, 0.25) is 11.8 Å². The molecule has 3 aromatic carbocycles. The topological polar surface area (TPSA) is 119 Å². The van der Waals surface area contributed by atoms with Crippen LogP contribution in [0.25, 0.3) is 10.1 Å². The van der Waals surface area contributed by atoms with Crippen LogP contribution in [0.4, 0.5) is 0 Å². The Bertz CT molecular complexity index is 1350. The second-order valence-electron chi connectivity index (χ2n) is 9.15. The van der Waals surface area contributed by atoms with Crippen molar-refractivity contribution < 1.29 is 14.3 Å². The van der Waals surface area contributed by atoms with Gasteiger partial charge >= 0.3 is 0 Å². The second kappa shape index (κ2) is 13.2. The first-order valence-electron chi connectivity index (χ1n) is 12.7. The molecule has 8 heteroatoms. The third-order valence-corrected chi connectivity index (χ3v) is 7.38. The lowest BCUT2D eigenvalue weighted by Crippen LogP contribution is -2.52. The van der Waals surface area contributed by atoms with Crippen molar-refractivity contribution >= 4 is 33.2 Å². The number of amides is 2. The van der Waals surface area contributed by atoms with Crippen LogP contribution < -0.4 is 26.8 Å². The Kier molecular flexibility index (Phi) is 9.48. The van der Waals surface area contributed by atoms with Crippen molar-refractivity contribution in [2.45, 2.75) is 44.9 Å². The highest BCUT2D eigenvalue weighted by atomic mass is 32.1. The van der Waals surface area contributed by atoms with Crippen molar-refractivity contribution in [3.8, 4) is 5.75 Å². The maximum atomic E-state index is 13.3. The van der Waals surface area contributed by atoms with E-state index in [0.29, 0.717) is 32.5 Å². The Hall–Kier alpha value is -3.72. The van der Waals surface area contributed by atoms with E-state index in [1.54, 1.807) is 11.3 Å². The van der Waals surface area contributed by atoms with Gasteiger partial charge < -0.3 is 26.8 Å². The molecule has 198 valence electrons. The van der Waals surface area contributed by atoms with Crippen LogP contribution in [0.5, 0.6) is 5.75 Å². The Morgan fingerprint density at radius 3 is 2.29 bits per heavy atom. The van der Waals surface area contributed by atoms with Crippen LogP contribution in [-0.2, 0) is 35.5 Å². The molecule has 0 radical (unpaired) electrons. The van der Waals surface area contributed by atoms with E-state index >= 15 is 0 Å². The van der Waals surface area contributed by atoms with Crippen molar-refractivity contribution in [1.29, 1.82) is 0 Å². The fourth-order valence-corrected chi connectivity index (χ4v) is 5.22. The fourth-order valence-electron chi connectivity index (χ4n) is 4.24. The van der Waals surface area contributed by atoms with Crippen LogP contribution in [-0.4, -0.2) is 30.5 Å². The van der Waals surface area contributed by atoms with Crippen LogP contribution in [0.2, 0.25) is 0 Å². The monoisotopic (exact) mass is 530 g/mol. The Morgan fingerprint density at radius 2 is 1.58 bits per heavy atom. The molecule has 0 fully saturated rings. The predicted molar refractivity (Wildman–Crippen MR) is 153 cm³/mol. The van der Waals surface area contributed by atoms with Crippen LogP contribution in [0, 0.1) is 0 Å². The third-order valence-electron chi connectivity index (χ3n) is 6.37. The predicted octanol–water partition coefficient (Wildman–Crippen LogP) is 3.67. The zero-order valence-corrected chi connectivity index (χ0v) is 22.3. The zero-order chi connectivity index (χ0) is 26.9. The van der Waals surface area contributed by atoms with Crippen molar-refractivity contribution in [2.24, 2.45) is 11.5 Å². The number of hydrogen-bond donors (Lipinski definition) is 4. The maximum absolute atomic E-state index is 13.3. The first-order valence-corrected chi connectivity index (χ1v) is 13.6. The molecular weight excluding hydrogens is 496 g/mol. The fraction of sp³-hybridized carbons (Fsp3) is 0.267. The molecule has 38 heavy (non-hydrogen) atoms. The summed E-state index contributed by atoms with van der Waals surface area (Å²) in [6, 6.07) is 21.8. The summed E-state index contributed by atoms with van der Waals surface area (Å²) in [4.78, 5) is 26.4. The molecule has 0 saturated carbocycles. The number of rotatable bonds is 12. The van der Waals surface area contributed by atoms with Crippen LogP contribution in [0.3, 0.4) is 0 Å². The van der Waals surface area contributed by atoms with Gasteiger partial charge in [0.25, 0.3) is 0 Å². The number of ether oxygens (including phenoxy) is 1. The van der Waals surface area contributed by atoms with E-state index in [9.17, 15) is 9.59 Å². The average molecular weight is 531 g/mol. The number of hydrogen-bond acceptors (Lipinski definition) is 6. The maximum Gasteiger partial charge on any atom is 0.243 e. The molecule has 4 aromatic rings. The van der Waals surface area contributed by atoms with Crippen molar-refractivity contribution in [2.75, 3.05) is 6.61 Å². The van der Waals surface area contributed by atoms with E-state index in [-0.39, 0.29) is 11.8 Å². The lowest BCUT2D eigenvalue weighted by molar-refractivity contribution is -0.129. The van der Waals surface area contributed by atoms with Gasteiger partial charge in [-0.15, -0.1) is 11.3 Å². The first kappa shape index (κ1) is 27.3. The molecule has 0 aliphatic rings. The van der Waals surface area contributed by atoms with Gasteiger partial charge in [0.05, 0.1) is 12.6 Å². The van der Waals surface area contributed by atoms with E-state index in [4.69, 9.17) is 16.2 Å². The molecule has 0 bridgehead atoms. The van der Waals surface area contributed by atoms with Gasteiger partial charge in [-0.1, -0.05) is 54.6 Å². The number of benzene rings is 3. The minimum atomic E-state index is -0.800. The van der Waals surface area contributed by atoms with E-state index in [1.807, 2.05) is 79.0 Å². The van der Waals surface area contributed by atoms with Crippen molar-refractivity contribution in [3.63, 3.8) is 0 Å². The van der Waals surface area contributed by atoms with Gasteiger partial charge in [-0.2, -0.15) is 0 Å². The van der Waals surface area contributed by atoms with Gasteiger partial charge in [0, 0.05) is 24.2 Å². The average Bonchev–Trinajstić information content (AvgIpc) is 3.35. The summed E-state index contributed by atoms with van der Waals surface area (Å²) in [5, 5.41) is 9.01. The zero-order valence-electron chi connectivity index (χ0n) is 21.5. The smallest absolute Gasteiger partial charge is 0.243 e. The van der Waals surface area contributed by atoms with Crippen LogP contribution in [0.1, 0.15) is 29.2 Å². The molecule has 2 atom stereocenters. The highest BCUT2D eigenvalue weighted by molar-refractivity contribution is 7.17. The van der Waals surface area contributed by atoms with Gasteiger partial charge in [-0.3, -0.25) is 9.59 Å². The van der Waals surface area contributed by atoms with Crippen LogP contribution in [0.15, 0.2) is 78.2 Å². The summed E-state index contributed by atoms with van der Waals surface area (Å²) in [5.41, 5.74) is 15.9. The van der Waals surface area contributed by atoms with Gasteiger partial charge in [-0.05, 0) is 64.6 Å². The Morgan fingerprint density at radius 1 is 0.895 bits per heavy atom. The third kappa shape index (κ3) is 7.19. The standard InChI is InChI=1S/C30H34N4O3S/c1-2-37-24-13-11-20(12-14-24)15-26(32)29(35)34-27(16-23-19-38-28-6-4-3-5-25(23)28)30(36)33-18-22-9-7-21(17-31)8-10-22/h3-14,19,26-27H,2,15-18,31-32H2,1H3,(H,33,36)(H,34,35)/t26-,27+/m1/s1. The summed E-state index contributed by atoms with van der Waals surface area (Å²) in [7, 11) is 0. The number of thiophene rings is 1. The summed E-state index contributed by atoms with van der Waals surface area (Å²) >= 11 is 1.62. The SMILES string of the molecule is CCOc1ccc(C[C@@H](N)C(=O)N[C@@H](Cc2csc3ccccc23)C(=O)NCc2ccc(CN)cc2)cc1. The summed E-state index contributed by atoms with van der Waals surface area (Å²) in [6.45, 7) is 3.32. The highest BCUT2D eigenvalue weighted by Gasteiger charge is 2.25. The van der Waals surface area contributed by atoms with Gasteiger partial charge in [-0.25, -0.2) is 0 Å². The second-order valence-corrected chi connectivity index (χ2v) is 10.1. The number of nitrogens with two attached hydrogens (primary N) is 2. The summed E-state index contributed by atoms with van der Waals surface area (Å²) < 4.78 is 6.62. The highest BCUT2D eigenvalue weighted by Crippen LogP contribution is 2.26. The number of fused-ring (bicyclic) bond motifs is 1. The molecule has 2 amide bonds. The molecule has 0 aliphatic carbocycles. The van der Waals surface area contributed by atoms with E-state index in [0.717, 1.165) is 38.1 Å². The molecule has 1 aromatic heterocycles. The lowest BCUT2D eigenvalue weighted by Gasteiger charge is -2.21. The van der Waals surface area contributed by atoms with Gasteiger partial charge in [0.1, 0.15) is 11.8 Å². The Balaban J connectivity index is 1.45. The summed E-state index contributed by atoms with van der Waals surface area (Å²) in [6.07, 6.45) is 0.713. The molecule has 6 N–H and O–H groups in total. The molecule has 1 heterocycles. The number of nitrogens with one attached hydrogen (secondary N) is 2. The molecule has 4 rings (SSSR count). The normalized spacial score (nSPS) is 12.6. The van der Waals surface area contributed by atoms with Crippen molar-refractivity contribution in [3.05, 3.63) is 100 Å². The molecule has 7 nitrogen and oxygen atoms in total. The van der Waals surface area contributed by atoms with Crippen molar-refractivity contribution in [1.82, 2.24) is 10.6 Å². The van der Waals surface area contributed by atoms with Gasteiger partial charge in [0.15, 0.2) is 0 Å². The quantitative estimate of drug-likeness (QED) is 0.223. The van der Waals surface area contributed by atoms with E-state index in [2.05, 4.69) is 16.7 Å². The molecule has 0 aliphatic heterocycles. The number of carbonyl (C=O) groups is 2. The van der Waals surface area contributed by atoms with E-state index in [1.165, 1.54) is 0 Å². The molecule has 0 spiro atoms. The Labute approximate surface area is 227 Å². The minimum Gasteiger partial charge on any atom is -0.494 e. The van der Waals surface area contributed by atoms with E-state index < -0.39 is 12.1 Å². The largest absolute Gasteiger partial charge is 0.494 e. The molecule has 0 unspecified atom stereocenters. The first-order chi connectivity index (χ1) is 18.5. The molecule has 0 saturated heterocycles. The minimum absolute atomic E-state index is 0.259. The summed E-state index contributed by atoms with van der Waals surface area (Å²) in [5.74, 6) is 0.141. The lowest BCUT2D eigenvalue weighted by atomic mass is 10.0. The molecular formula is C30H34N4O3S. The van der Waals surface area contributed by atoms with Crippen LogP contribution >= 0.6 is 11.3 Å².